The van der Waals surface area contributed by atoms with E-state index in [1.54, 1.807) is 18.4 Å². The van der Waals surface area contributed by atoms with Crippen molar-refractivity contribution in [3.8, 4) is 16.9 Å². The highest BCUT2D eigenvalue weighted by molar-refractivity contribution is 7.18. The fourth-order valence-corrected chi connectivity index (χ4v) is 4.11. The maximum Gasteiger partial charge on any atom is 0.227 e. The van der Waals surface area contributed by atoms with Gasteiger partial charge in [-0.2, -0.15) is 0 Å². The second-order valence-corrected chi connectivity index (χ2v) is 7.54. The van der Waals surface area contributed by atoms with Crippen LogP contribution in [0.1, 0.15) is 12.0 Å². The predicted molar refractivity (Wildman–Crippen MR) is 116 cm³/mol. The number of aromatic nitrogens is 1. The van der Waals surface area contributed by atoms with Crippen molar-refractivity contribution < 1.29 is 11.0 Å². The summed E-state index contributed by atoms with van der Waals surface area (Å²) in [5.74, 6) is 0.726. The van der Waals surface area contributed by atoms with Crippen molar-refractivity contribution in [1.82, 2.24) is 10.3 Å². The van der Waals surface area contributed by atoms with Gasteiger partial charge in [-0.05, 0) is 29.3 Å². The number of hydrogen-bond acceptors (Lipinski definition) is 4. The quantitative estimate of drug-likeness (QED) is 0.500. The van der Waals surface area contributed by atoms with Gasteiger partial charge in [-0.25, -0.2) is 4.98 Å². The average Bonchev–Trinajstić information content (AvgIpc) is 3.14. The number of ether oxygens (including phenoxy) is 1. The molecule has 0 saturated heterocycles. The molecule has 4 nitrogen and oxygen atoms in total. The minimum atomic E-state index is -0.0479. The van der Waals surface area contributed by atoms with Crippen LogP contribution in [0.2, 0.25) is 0 Å². The third-order valence-corrected chi connectivity index (χ3v) is 5.54. The first-order valence-corrected chi connectivity index (χ1v) is 9.88. The number of carbonyl (C=O) groups is 1. The van der Waals surface area contributed by atoms with E-state index in [4.69, 9.17) is 4.74 Å². The number of nitrogens with zero attached hydrogens (tertiary/aromatic N) is 1. The van der Waals surface area contributed by atoms with Crippen molar-refractivity contribution >= 4 is 27.5 Å². The van der Waals surface area contributed by atoms with Crippen LogP contribution in [0.15, 0.2) is 72.8 Å². The van der Waals surface area contributed by atoms with Gasteiger partial charge < -0.3 is 10.1 Å². The summed E-state index contributed by atoms with van der Waals surface area (Å²) >= 11 is 1.57. The summed E-state index contributed by atoms with van der Waals surface area (Å²) in [7, 11) is 1.63. The summed E-state index contributed by atoms with van der Waals surface area (Å²) in [6, 6.07) is 24.2. The number of para-hydroxylation sites is 1. The molecule has 1 N–H and O–H groups in total. The van der Waals surface area contributed by atoms with Gasteiger partial charge >= 0.3 is 0 Å². The minimum Gasteiger partial charge on any atom is -0.496 e. The highest BCUT2D eigenvalue weighted by Gasteiger charge is 2.11. The van der Waals surface area contributed by atoms with E-state index in [9.17, 15) is 4.79 Å². The average molecular weight is 391 g/mol. The molecule has 4 rings (SSSR count). The molecule has 1 aromatic heterocycles. The normalized spacial score (nSPS) is 10.8. The smallest absolute Gasteiger partial charge is 0.227 e. The fraction of sp³-hybridized carbons (Fsp3) is 0.130. The third-order valence-electron chi connectivity index (χ3n) is 4.52. The lowest BCUT2D eigenvalue weighted by molar-refractivity contribution is -0.120. The van der Waals surface area contributed by atoms with Crippen LogP contribution in [0.4, 0.5) is 0 Å². The second-order valence-electron chi connectivity index (χ2n) is 6.42. The molecule has 0 unspecified atom stereocenters. The van der Waals surface area contributed by atoms with Crippen LogP contribution < -0.4 is 10.1 Å². The SMILES string of the molecule is COc1ccccc1CNC(=O)Cc1nc2ccc(-c3ccccc3)cc2s1.[HH]. The van der Waals surface area contributed by atoms with Crippen LogP contribution in [0.3, 0.4) is 0 Å². The fourth-order valence-electron chi connectivity index (χ4n) is 3.10. The molecule has 0 spiro atoms. The van der Waals surface area contributed by atoms with Gasteiger partial charge in [-0.15, -0.1) is 11.3 Å². The maximum atomic E-state index is 12.4. The summed E-state index contributed by atoms with van der Waals surface area (Å²) in [6.45, 7) is 0.436. The maximum absolute atomic E-state index is 12.4. The molecule has 1 heterocycles. The Kier molecular flexibility index (Phi) is 5.35. The van der Waals surface area contributed by atoms with Crippen molar-refractivity contribution in [2.75, 3.05) is 7.11 Å². The van der Waals surface area contributed by atoms with Crippen molar-refractivity contribution in [2.24, 2.45) is 0 Å². The van der Waals surface area contributed by atoms with Gasteiger partial charge in [0.05, 0.1) is 23.7 Å². The number of methoxy groups -OCH3 is 1. The lowest BCUT2D eigenvalue weighted by Gasteiger charge is -2.08. The lowest BCUT2D eigenvalue weighted by atomic mass is 10.1. The number of benzene rings is 3. The number of hydrogen-bond donors (Lipinski definition) is 1. The number of thiazole rings is 1. The summed E-state index contributed by atoms with van der Waals surface area (Å²) in [5, 5.41) is 3.77. The number of nitrogens with one attached hydrogen (secondary N) is 1. The molecule has 0 aliphatic rings. The Labute approximate surface area is 169 Å². The lowest BCUT2D eigenvalue weighted by Crippen LogP contribution is -2.24. The van der Waals surface area contributed by atoms with Crippen molar-refractivity contribution in [1.29, 1.82) is 0 Å². The van der Waals surface area contributed by atoms with Gasteiger partial charge in [0.15, 0.2) is 0 Å². The van der Waals surface area contributed by atoms with Crippen molar-refractivity contribution in [3.63, 3.8) is 0 Å². The first-order valence-electron chi connectivity index (χ1n) is 9.06. The van der Waals surface area contributed by atoms with Gasteiger partial charge in [0, 0.05) is 13.5 Å². The molecule has 0 aliphatic carbocycles. The van der Waals surface area contributed by atoms with E-state index in [-0.39, 0.29) is 13.8 Å². The van der Waals surface area contributed by atoms with Gasteiger partial charge in [0.25, 0.3) is 0 Å². The molecule has 0 fully saturated rings. The first-order chi connectivity index (χ1) is 13.7. The van der Waals surface area contributed by atoms with Crippen LogP contribution in [0, 0.1) is 0 Å². The van der Waals surface area contributed by atoms with Gasteiger partial charge in [-0.1, -0.05) is 54.6 Å². The summed E-state index contributed by atoms with van der Waals surface area (Å²) in [4.78, 5) is 17.0. The molecule has 0 atom stereocenters. The van der Waals surface area contributed by atoms with E-state index >= 15 is 0 Å². The zero-order valence-electron chi connectivity index (χ0n) is 15.5. The largest absolute Gasteiger partial charge is 0.496 e. The monoisotopic (exact) mass is 390 g/mol. The predicted octanol–water partition coefficient (Wildman–Crippen LogP) is 5.08. The van der Waals surface area contributed by atoms with Crippen LogP contribution >= 0.6 is 11.3 Å². The van der Waals surface area contributed by atoms with Crippen LogP contribution in [-0.2, 0) is 17.8 Å². The molecular weight excluding hydrogens is 368 g/mol. The molecule has 3 aromatic carbocycles. The van der Waals surface area contributed by atoms with Crippen LogP contribution in [0.5, 0.6) is 5.75 Å². The molecule has 0 radical (unpaired) electrons. The standard InChI is InChI=1S/C23H20N2O2S.H2/c1-27-20-10-6-5-9-18(20)15-24-22(26)14-23-25-19-12-11-17(13-21(19)28-23)16-7-3-2-4-8-16;/h2-13H,14-15H2,1H3,(H,24,26);1H. The molecule has 5 heteroatoms. The summed E-state index contributed by atoms with van der Waals surface area (Å²) < 4.78 is 6.41. The van der Waals surface area contributed by atoms with E-state index in [1.165, 1.54) is 5.56 Å². The summed E-state index contributed by atoms with van der Waals surface area (Å²) in [6.07, 6.45) is 0.273. The topological polar surface area (TPSA) is 51.2 Å². The van der Waals surface area contributed by atoms with E-state index in [0.29, 0.717) is 6.54 Å². The Balaban J connectivity index is 0.00000240. The number of amides is 1. The molecule has 4 aromatic rings. The minimum absolute atomic E-state index is 0. The summed E-state index contributed by atoms with van der Waals surface area (Å²) in [5.41, 5.74) is 4.21. The Morgan fingerprint density at radius 3 is 2.64 bits per heavy atom. The first kappa shape index (κ1) is 18.2. The van der Waals surface area contributed by atoms with Crippen molar-refractivity contribution in [3.05, 3.63) is 83.4 Å². The van der Waals surface area contributed by atoms with Crippen molar-refractivity contribution in [2.45, 2.75) is 13.0 Å². The number of rotatable bonds is 6. The van der Waals surface area contributed by atoms with Crippen LogP contribution in [-0.4, -0.2) is 18.0 Å². The molecule has 1 amide bonds. The van der Waals surface area contributed by atoms with Gasteiger partial charge in [0.2, 0.25) is 5.91 Å². The zero-order valence-corrected chi connectivity index (χ0v) is 16.3. The molecule has 0 aliphatic heterocycles. The Morgan fingerprint density at radius 1 is 1.04 bits per heavy atom. The van der Waals surface area contributed by atoms with E-state index in [2.05, 4.69) is 34.6 Å². The molecule has 142 valence electrons. The van der Waals surface area contributed by atoms with Gasteiger partial charge in [0.1, 0.15) is 10.8 Å². The molecular formula is C23H22N2O2S. The van der Waals surface area contributed by atoms with Crippen LogP contribution in [0.25, 0.3) is 21.3 Å². The highest BCUT2D eigenvalue weighted by Crippen LogP contribution is 2.28. The molecule has 0 saturated carbocycles. The Hall–Kier alpha value is -3.18. The molecule has 0 bridgehead atoms. The third kappa shape index (κ3) is 4.05. The van der Waals surface area contributed by atoms with E-state index < -0.39 is 0 Å². The van der Waals surface area contributed by atoms with E-state index in [0.717, 1.165) is 32.1 Å². The molecule has 28 heavy (non-hydrogen) atoms. The second kappa shape index (κ2) is 8.23. The number of carbonyl (C=O) groups excluding carboxylic acids is 1. The van der Waals surface area contributed by atoms with Gasteiger partial charge in [-0.3, -0.25) is 4.79 Å². The zero-order chi connectivity index (χ0) is 19.3. The van der Waals surface area contributed by atoms with E-state index in [1.807, 2.05) is 48.5 Å². The Morgan fingerprint density at radius 2 is 1.82 bits per heavy atom. The number of fused-ring (bicyclic) bond motifs is 1. The highest BCUT2D eigenvalue weighted by atomic mass is 32.1. The Bertz CT molecular complexity index is 1110.